The molecule has 0 radical (unpaired) electrons. The van der Waals surface area contributed by atoms with Gasteiger partial charge in [0.05, 0.1) is 0 Å². The first kappa shape index (κ1) is 26.9. The Morgan fingerprint density at radius 3 is 1.71 bits per heavy atom. The lowest BCUT2D eigenvalue weighted by molar-refractivity contribution is 0.631. The molecule has 3 heterocycles. The molecule has 0 saturated carbocycles. The summed E-state index contributed by atoms with van der Waals surface area (Å²) in [5.74, 6) is 0.856. The zero-order chi connectivity index (χ0) is 32.1. The smallest absolute Gasteiger partial charge is 0.136 e. The number of rotatable bonds is 3. The van der Waals surface area contributed by atoms with Gasteiger partial charge in [0.1, 0.15) is 22.5 Å². The second kappa shape index (κ2) is 10.2. The quantitative estimate of drug-likeness (QED) is 0.179. The summed E-state index contributed by atoms with van der Waals surface area (Å²) < 4.78 is 15.5. The van der Waals surface area contributed by atoms with Crippen LogP contribution >= 0.6 is 11.3 Å². The van der Waals surface area contributed by atoms with E-state index in [0.29, 0.717) is 0 Å². The molecular weight excluding hydrogens is 617 g/mol. The number of furan rings is 2. The molecule has 228 valence electrons. The van der Waals surface area contributed by atoms with Gasteiger partial charge in [0, 0.05) is 41.9 Å². The van der Waals surface area contributed by atoms with Gasteiger partial charge in [-0.25, -0.2) is 0 Å². The summed E-state index contributed by atoms with van der Waals surface area (Å²) in [6, 6.07) is 56.5. The average molecular weight is 643 g/mol. The van der Waals surface area contributed by atoms with E-state index in [0.717, 1.165) is 49.8 Å². The number of benzene rings is 8. The highest BCUT2D eigenvalue weighted by atomic mass is 32.1. The van der Waals surface area contributed by atoms with E-state index in [4.69, 9.17) is 8.83 Å². The van der Waals surface area contributed by atoms with Gasteiger partial charge < -0.3 is 8.83 Å². The number of fused-ring (bicyclic) bond motifs is 10. The Labute approximate surface area is 285 Å². The highest BCUT2D eigenvalue weighted by Gasteiger charge is 2.21. The molecule has 0 atom stereocenters. The Balaban J connectivity index is 1.21. The molecule has 0 bridgehead atoms. The molecule has 0 unspecified atom stereocenters. The summed E-state index contributed by atoms with van der Waals surface area (Å²) in [5, 5.41) is 10.9. The van der Waals surface area contributed by atoms with Gasteiger partial charge in [0.2, 0.25) is 0 Å². The van der Waals surface area contributed by atoms with Gasteiger partial charge in [0.15, 0.2) is 0 Å². The fraction of sp³-hybridized carbons (Fsp3) is 0. The van der Waals surface area contributed by atoms with Gasteiger partial charge in [-0.2, -0.15) is 0 Å². The Bertz CT molecular complexity index is 3050. The Morgan fingerprint density at radius 1 is 0.347 bits per heavy atom. The molecule has 2 nitrogen and oxygen atoms in total. The van der Waals surface area contributed by atoms with E-state index in [2.05, 4.69) is 127 Å². The van der Waals surface area contributed by atoms with Gasteiger partial charge >= 0.3 is 0 Å². The van der Waals surface area contributed by atoms with Crippen molar-refractivity contribution in [2.75, 3.05) is 0 Å². The topological polar surface area (TPSA) is 26.3 Å². The lowest BCUT2D eigenvalue weighted by Crippen LogP contribution is -1.91. The minimum atomic E-state index is 0.856. The Kier molecular flexibility index (Phi) is 5.57. The lowest BCUT2D eigenvalue weighted by atomic mass is 9.84. The lowest BCUT2D eigenvalue weighted by Gasteiger charge is -2.18. The number of hydrogen-bond acceptors (Lipinski definition) is 3. The molecule has 0 saturated heterocycles. The molecule has 0 fully saturated rings. The summed E-state index contributed by atoms with van der Waals surface area (Å²) in [4.78, 5) is 0. The van der Waals surface area contributed by atoms with Crippen molar-refractivity contribution in [2.45, 2.75) is 0 Å². The first-order valence-electron chi connectivity index (χ1n) is 16.6. The van der Waals surface area contributed by atoms with E-state index >= 15 is 0 Å². The van der Waals surface area contributed by atoms with Crippen LogP contribution in [0.15, 0.2) is 167 Å². The standard InChI is InChI=1S/C46H26O2S/c1-2-11-27(12-3-1)40-26-36-38(48-40)23-24-39-45(36)35-25-28(21-22-37(35)47-39)43-29-13-4-6-15-31(29)44(32-16-7-5-14-30(32)43)34-18-10-20-42-46(34)33-17-8-9-19-41(33)49-42/h1-26H. The molecule has 8 aromatic carbocycles. The maximum Gasteiger partial charge on any atom is 0.136 e. The fourth-order valence-electron chi connectivity index (χ4n) is 8.00. The first-order valence-corrected chi connectivity index (χ1v) is 17.4. The molecule has 11 rings (SSSR count). The van der Waals surface area contributed by atoms with E-state index in [1.54, 1.807) is 0 Å². The van der Waals surface area contributed by atoms with Crippen molar-refractivity contribution < 1.29 is 8.83 Å². The number of thiophene rings is 1. The van der Waals surface area contributed by atoms with Crippen molar-refractivity contribution in [3.05, 3.63) is 158 Å². The molecular formula is C46H26O2S. The van der Waals surface area contributed by atoms with Gasteiger partial charge in [-0.05, 0) is 86.3 Å². The molecule has 0 aliphatic heterocycles. The molecule has 49 heavy (non-hydrogen) atoms. The maximum absolute atomic E-state index is 6.45. The third-order valence-electron chi connectivity index (χ3n) is 10.1. The van der Waals surface area contributed by atoms with Crippen LogP contribution in [0.1, 0.15) is 0 Å². The maximum atomic E-state index is 6.45. The second-order valence-electron chi connectivity index (χ2n) is 12.8. The van der Waals surface area contributed by atoms with Crippen LogP contribution in [0.3, 0.4) is 0 Å². The van der Waals surface area contributed by atoms with Crippen molar-refractivity contribution in [1.29, 1.82) is 0 Å². The average Bonchev–Trinajstić information content (AvgIpc) is 3.87. The summed E-state index contributed by atoms with van der Waals surface area (Å²) in [6.07, 6.45) is 0. The van der Waals surface area contributed by atoms with E-state index in [-0.39, 0.29) is 0 Å². The molecule has 3 aromatic heterocycles. The third kappa shape index (κ3) is 3.88. The van der Waals surface area contributed by atoms with Gasteiger partial charge in [-0.1, -0.05) is 115 Å². The zero-order valence-corrected chi connectivity index (χ0v) is 27.1. The van der Waals surface area contributed by atoms with Crippen molar-refractivity contribution >= 4 is 86.0 Å². The van der Waals surface area contributed by atoms with E-state index in [1.165, 1.54) is 58.4 Å². The second-order valence-corrected chi connectivity index (χ2v) is 13.8. The normalized spacial score (nSPS) is 12.1. The van der Waals surface area contributed by atoms with E-state index < -0.39 is 0 Å². The summed E-state index contributed by atoms with van der Waals surface area (Å²) in [7, 11) is 0. The monoisotopic (exact) mass is 642 g/mol. The number of hydrogen-bond donors (Lipinski definition) is 0. The molecule has 0 aliphatic rings. The Morgan fingerprint density at radius 2 is 0.939 bits per heavy atom. The summed E-state index contributed by atoms with van der Waals surface area (Å²) in [5.41, 5.74) is 8.61. The highest BCUT2D eigenvalue weighted by Crippen LogP contribution is 2.48. The van der Waals surface area contributed by atoms with Gasteiger partial charge in [-0.15, -0.1) is 11.3 Å². The predicted molar refractivity (Wildman–Crippen MR) is 208 cm³/mol. The molecule has 0 N–H and O–H groups in total. The summed E-state index contributed by atoms with van der Waals surface area (Å²) >= 11 is 1.87. The van der Waals surface area contributed by atoms with Crippen LogP contribution < -0.4 is 0 Å². The van der Waals surface area contributed by atoms with Crippen molar-refractivity contribution in [1.82, 2.24) is 0 Å². The van der Waals surface area contributed by atoms with Crippen LogP contribution in [0.5, 0.6) is 0 Å². The highest BCUT2D eigenvalue weighted by molar-refractivity contribution is 7.25. The van der Waals surface area contributed by atoms with Crippen LogP contribution in [0.25, 0.3) is 108 Å². The summed E-state index contributed by atoms with van der Waals surface area (Å²) in [6.45, 7) is 0. The van der Waals surface area contributed by atoms with E-state index in [9.17, 15) is 0 Å². The van der Waals surface area contributed by atoms with Gasteiger partial charge in [-0.3, -0.25) is 0 Å². The minimum Gasteiger partial charge on any atom is -0.456 e. The van der Waals surface area contributed by atoms with Crippen LogP contribution in [0.4, 0.5) is 0 Å². The third-order valence-corrected chi connectivity index (χ3v) is 11.2. The molecule has 3 heteroatoms. The molecule has 0 spiro atoms. The van der Waals surface area contributed by atoms with Gasteiger partial charge in [0.25, 0.3) is 0 Å². The first-order chi connectivity index (χ1) is 24.3. The fourth-order valence-corrected chi connectivity index (χ4v) is 9.13. The SMILES string of the molecule is c1ccc(-c2cc3c(ccc4oc5ccc(-c6c7ccccc7c(-c7cccc8sc9ccccc9c78)c7ccccc67)cc5c43)o2)cc1. The Hall–Kier alpha value is -6.16. The minimum absolute atomic E-state index is 0.856. The molecule has 11 aromatic rings. The molecule has 0 amide bonds. The van der Waals surface area contributed by atoms with Crippen LogP contribution in [-0.4, -0.2) is 0 Å². The van der Waals surface area contributed by atoms with Crippen molar-refractivity contribution in [3.8, 4) is 33.6 Å². The zero-order valence-electron chi connectivity index (χ0n) is 26.2. The molecule has 0 aliphatic carbocycles. The van der Waals surface area contributed by atoms with Crippen LogP contribution in [-0.2, 0) is 0 Å². The van der Waals surface area contributed by atoms with Crippen molar-refractivity contribution in [3.63, 3.8) is 0 Å². The van der Waals surface area contributed by atoms with Crippen LogP contribution in [0, 0.1) is 0 Å². The van der Waals surface area contributed by atoms with Crippen LogP contribution in [0.2, 0.25) is 0 Å². The predicted octanol–water partition coefficient (Wildman–Crippen LogP) is 14.0. The largest absolute Gasteiger partial charge is 0.456 e. The van der Waals surface area contributed by atoms with E-state index in [1.807, 2.05) is 41.7 Å². The van der Waals surface area contributed by atoms with Crippen molar-refractivity contribution in [2.24, 2.45) is 0 Å².